The lowest BCUT2D eigenvalue weighted by atomic mass is 9.86. The highest BCUT2D eigenvalue weighted by molar-refractivity contribution is 5.88. The van der Waals surface area contributed by atoms with Gasteiger partial charge in [0.15, 0.2) is 5.82 Å². The number of nitrogens with zero attached hydrogens (tertiary/aromatic N) is 2. The van der Waals surface area contributed by atoms with E-state index in [1.165, 1.54) is 23.0 Å². The second kappa shape index (κ2) is 10.2. The number of fused-ring (bicyclic) bond motifs is 1. The van der Waals surface area contributed by atoms with Crippen LogP contribution < -0.4 is 21.9 Å². The molecule has 2 aromatic heterocycles. The van der Waals surface area contributed by atoms with Crippen molar-refractivity contribution < 1.29 is 9.13 Å². The molecule has 3 heterocycles. The minimum absolute atomic E-state index is 0.183. The number of ether oxygens (including phenoxy) is 1. The van der Waals surface area contributed by atoms with Crippen LogP contribution in [0.1, 0.15) is 32.1 Å². The molecule has 2 aliphatic rings. The standard InChI is InChI=1S/C25H32FN5O2/c1-16(11-18-9-10-33-22(18)12-27)13-28-19-5-3-17(4-6-19)14-30-24-20(26)15-29-21-7-8-23(32)31(2)25(21)24/h7-8,11-12,15,17,19,28H,1,3-6,9-10,13-14,27H2,2H3,(H,29,30)/b18-11-,22-12+. The number of allylic oxidation sites excluding steroid dienone is 1. The molecule has 0 atom stereocenters. The monoisotopic (exact) mass is 453 g/mol. The molecule has 1 saturated heterocycles. The number of hydrogen-bond donors (Lipinski definition) is 3. The van der Waals surface area contributed by atoms with E-state index in [-0.39, 0.29) is 5.56 Å². The van der Waals surface area contributed by atoms with E-state index in [2.05, 4.69) is 28.3 Å². The van der Waals surface area contributed by atoms with E-state index in [1.807, 2.05) is 0 Å². The minimum Gasteiger partial charge on any atom is -0.491 e. The number of anilines is 1. The highest BCUT2D eigenvalue weighted by Crippen LogP contribution is 2.28. The molecule has 4 N–H and O–H groups in total. The molecule has 8 heteroatoms. The Hall–Kier alpha value is -3.13. The van der Waals surface area contributed by atoms with Gasteiger partial charge < -0.3 is 25.7 Å². The predicted octanol–water partition coefficient (Wildman–Crippen LogP) is 3.34. The maximum absolute atomic E-state index is 14.5. The molecule has 176 valence electrons. The molecule has 0 aromatic carbocycles. The van der Waals surface area contributed by atoms with E-state index in [1.54, 1.807) is 13.1 Å². The summed E-state index contributed by atoms with van der Waals surface area (Å²) in [5.74, 6) is 0.763. The van der Waals surface area contributed by atoms with Gasteiger partial charge in [-0.05, 0) is 48.8 Å². The van der Waals surface area contributed by atoms with Crippen LogP contribution in [0.2, 0.25) is 0 Å². The van der Waals surface area contributed by atoms with Crippen molar-refractivity contribution in [3.05, 3.63) is 70.3 Å². The van der Waals surface area contributed by atoms with E-state index < -0.39 is 5.82 Å². The maximum atomic E-state index is 14.5. The Labute approximate surface area is 193 Å². The Morgan fingerprint density at radius 2 is 2.15 bits per heavy atom. The van der Waals surface area contributed by atoms with Gasteiger partial charge in [-0.25, -0.2) is 4.39 Å². The van der Waals surface area contributed by atoms with Crippen LogP contribution in [0.25, 0.3) is 11.0 Å². The van der Waals surface area contributed by atoms with Gasteiger partial charge in [0.2, 0.25) is 0 Å². The topological polar surface area (TPSA) is 94.2 Å². The van der Waals surface area contributed by atoms with Gasteiger partial charge in [0, 0.05) is 44.9 Å². The highest BCUT2D eigenvalue weighted by Gasteiger charge is 2.22. The molecule has 0 spiro atoms. The summed E-state index contributed by atoms with van der Waals surface area (Å²) >= 11 is 0. The lowest BCUT2D eigenvalue weighted by Crippen LogP contribution is -2.35. The van der Waals surface area contributed by atoms with Crippen molar-refractivity contribution in [3.63, 3.8) is 0 Å². The summed E-state index contributed by atoms with van der Waals surface area (Å²) in [5, 5.41) is 6.87. The molecule has 1 aliphatic heterocycles. The summed E-state index contributed by atoms with van der Waals surface area (Å²) in [5.41, 5.74) is 8.99. The fraction of sp³-hybridized carbons (Fsp3) is 0.440. The average molecular weight is 454 g/mol. The lowest BCUT2D eigenvalue weighted by molar-refractivity contribution is 0.265. The van der Waals surface area contributed by atoms with Gasteiger partial charge in [-0.2, -0.15) is 0 Å². The van der Waals surface area contributed by atoms with Gasteiger partial charge in [-0.15, -0.1) is 0 Å². The normalized spacial score (nSPS) is 23.2. The predicted molar refractivity (Wildman–Crippen MR) is 129 cm³/mol. The summed E-state index contributed by atoms with van der Waals surface area (Å²) in [6.45, 7) is 6.23. The zero-order valence-electron chi connectivity index (χ0n) is 19.1. The van der Waals surface area contributed by atoms with E-state index in [0.717, 1.165) is 55.6 Å². The SMILES string of the molecule is C=C(/C=C1/CCO/C1=C/N)CNC1CCC(CNc2c(F)cnc3ccc(=O)n(C)c23)CC1. The minimum atomic E-state index is -0.438. The van der Waals surface area contributed by atoms with Crippen molar-refractivity contribution in [2.24, 2.45) is 18.7 Å². The third-order valence-electron chi connectivity index (χ3n) is 6.59. The van der Waals surface area contributed by atoms with Crippen molar-refractivity contribution in [2.45, 2.75) is 38.1 Å². The van der Waals surface area contributed by atoms with Crippen LogP contribution in [0, 0.1) is 11.7 Å². The van der Waals surface area contributed by atoms with Crippen LogP contribution in [0.15, 0.2) is 58.9 Å². The molecule has 2 fully saturated rings. The first-order valence-electron chi connectivity index (χ1n) is 11.5. The Balaban J connectivity index is 1.28. The highest BCUT2D eigenvalue weighted by atomic mass is 19.1. The third kappa shape index (κ3) is 5.27. The smallest absolute Gasteiger partial charge is 0.250 e. The molecule has 0 radical (unpaired) electrons. The summed E-state index contributed by atoms with van der Waals surface area (Å²) in [6.07, 6.45) is 9.87. The summed E-state index contributed by atoms with van der Waals surface area (Å²) < 4.78 is 21.5. The second-order valence-electron chi connectivity index (χ2n) is 8.88. The first kappa shape index (κ1) is 23.0. The van der Waals surface area contributed by atoms with Gasteiger partial charge in [0.25, 0.3) is 5.56 Å². The van der Waals surface area contributed by atoms with Crippen molar-refractivity contribution >= 4 is 16.7 Å². The van der Waals surface area contributed by atoms with Gasteiger partial charge in [0.1, 0.15) is 5.76 Å². The summed E-state index contributed by atoms with van der Waals surface area (Å²) in [7, 11) is 1.64. The number of hydrogen-bond acceptors (Lipinski definition) is 6. The Morgan fingerprint density at radius 1 is 1.36 bits per heavy atom. The van der Waals surface area contributed by atoms with E-state index in [9.17, 15) is 9.18 Å². The van der Waals surface area contributed by atoms with Crippen molar-refractivity contribution in [3.8, 4) is 0 Å². The largest absolute Gasteiger partial charge is 0.491 e. The van der Waals surface area contributed by atoms with Crippen LogP contribution in [0.3, 0.4) is 0 Å². The van der Waals surface area contributed by atoms with Crippen LogP contribution in [-0.2, 0) is 11.8 Å². The second-order valence-corrected chi connectivity index (χ2v) is 8.88. The van der Waals surface area contributed by atoms with Crippen molar-refractivity contribution in [2.75, 3.05) is 25.0 Å². The summed E-state index contributed by atoms with van der Waals surface area (Å²) in [6, 6.07) is 3.53. The van der Waals surface area contributed by atoms with Crippen molar-refractivity contribution in [1.29, 1.82) is 0 Å². The first-order valence-corrected chi connectivity index (χ1v) is 11.5. The quantitative estimate of drug-likeness (QED) is 0.595. The van der Waals surface area contributed by atoms with E-state index >= 15 is 0 Å². The fourth-order valence-electron chi connectivity index (χ4n) is 4.67. The van der Waals surface area contributed by atoms with E-state index in [0.29, 0.717) is 41.8 Å². The first-order chi connectivity index (χ1) is 16.0. The maximum Gasteiger partial charge on any atom is 0.250 e. The molecular weight excluding hydrogens is 421 g/mol. The number of aryl methyl sites for hydroxylation is 1. The molecule has 1 aliphatic carbocycles. The third-order valence-corrected chi connectivity index (χ3v) is 6.59. The molecule has 0 amide bonds. The molecule has 33 heavy (non-hydrogen) atoms. The van der Waals surface area contributed by atoms with Gasteiger partial charge in [0.05, 0.1) is 29.5 Å². The van der Waals surface area contributed by atoms with Crippen LogP contribution >= 0.6 is 0 Å². The number of nitrogens with two attached hydrogens (primary N) is 1. The Bertz CT molecular complexity index is 1150. The molecule has 0 bridgehead atoms. The molecule has 2 aromatic rings. The van der Waals surface area contributed by atoms with Gasteiger partial charge in [-0.1, -0.05) is 12.7 Å². The van der Waals surface area contributed by atoms with Gasteiger partial charge in [-0.3, -0.25) is 9.78 Å². The fourth-order valence-corrected chi connectivity index (χ4v) is 4.67. The number of aromatic nitrogens is 2. The molecule has 7 nitrogen and oxygen atoms in total. The molecule has 0 unspecified atom stereocenters. The Kier molecular flexibility index (Phi) is 7.13. The van der Waals surface area contributed by atoms with Crippen molar-refractivity contribution in [1.82, 2.24) is 14.9 Å². The molecular formula is C25H32FN5O2. The average Bonchev–Trinajstić information content (AvgIpc) is 3.27. The lowest BCUT2D eigenvalue weighted by Gasteiger charge is -2.30. The van der Waals surface area contributed by atoms with Gasteiger partial charge >= 0.3 is 0 Å². The van der Waals surface area contributed by atoms with E-state index in [4.69, 9.17) is 10.5 Å². The number of nitrogens with one attached hydrogen (secondary N) is 2. The Morgan fingerprint density at radius 3 is 2.91 bits per heavy atom. The number of halogens is 1. The molecule has 1 saturated carbocycles. The summed E-state index contributed by atoms with van der Waals surface area (Å²) in [4.78, 5) is 16.1. The number of rotatable bonds is 7. The van der Waals surface area contributed by atoms with Crippen LogP contribution in [-0.4, -0.2) is 35.3 Å². The van der Waals surface area contributed by atoms with Crippen LogP contribution in [0.5, 0.6) is 0 Å². The zero-order valence-corrected chi connectivity index (χ0v) is 19.1. The number of pyridine rings is 2. The zero-order chi connectivity index (χ0) is 23.4. The molecule has 4 rings (SSSR count). The van der Waals surface area contributed by atoms with Crippen LogP contribution in [0.4, 0.5) is 10.1 Å².